The Morgan fingerprint density at radius 2 is 2.41 bits per heavy atom. The zero-order valence-electron chi connectivity index (χ0n) is 12.5. The van der Waals surface area contributed by atoms with Crippen LogP contribution in [0.1, 0.15) is 12.6 Å². The third kappa shape index (κ3) is 3.37. The lowest BCUT2D eigenvalue weighted by Crippen LogP contribution is -2.49. The van der Waals surface area contributed by atoms with Crippen LogP contribution in [0.3, 0.4) is 0 Å². The zero-order chi connectivity index (χ0) is 15.5. The number of hydrogen-bond acceptors (Lipinski definition) is 7. The molecule has 0 aromatic carbocycles. The van der Waals surface area contributed by atoms with Gasteiger partial charge in [0.2, 0.25) is 0 Å². The number of thiazole rings is 1. The van der Waals surface area contributed by atoms with Gasteiger partial charge in [-0.25, -0.2) is 9.78 Å². The highest BCUT2D eigenvalue weighted by molar-refractivity contribution is 7.13. The monoisotopic (exact) mass is 322 g/mol. The summed E-state index contributed by atoms with van der Waals surface area (Å²) in [4.78, 5) is 18.5. The van der Waals surface area contributed by atoms with Gasteiger partial charge in [-0.3, -0.25) is 4.90 Å². The number of rotatable bonds is 4. The normalized spacial score (nSPS) is 22.6. The minimum absolute atomic E-state index is 0.00942. The van der Waals surface area contributed by atoms with Gasteiger partial charge in [0, 0.05) is 30.6 Å². The summed E-state index contributed by atoms with van der Waals surface area (Å²) < 4.78 is 15.5. The molecule has 1 aliphatic heterocycles. The van der Waals surface area contributed by atoms with Crippen molar-refractivity contribution in [1.29, 1.82) is 0 Å². The molecule has 6 nitrogen and oxygen atoms in total. The number of ether oxygens (including phenoxy) is 2. The maximum Gasteiger partial charge on any atom is 0.336 e. The van der Waals surface area contributed by atoms with Gasteiger partial charge in [0.15, 0.2) is 6.10 Å². The lowest BCUT2D eigenvalue weighted by Gasteiger charge is -2.34. The van der Waals surface area contributed by atoms with E-state index in [9.17, 15) is 4.79 Å². The van der Waals surface area contributed by atoms with Crippen LogP contribution in [0.5, 0.6) is 0 Å². The first-order chi connectivity index (χ1) is 10.7. The van der Waals surface area contributed by atoms with Crippen LogP contribution in [-0.2, 0) is 20.8 Å². The molecule has 7 heteroatoms. The molecule has 2 aromatic rings. The predicted molar refractivity (Wildman–Crippen MR) is 81.4 cm³/mol. The van der Waals surface area contributed by atoms with Crippen LogP contribution < -0.4 is 0 Å². The summed E-state index contributed by atoms with van der Waals surface area (Å²) in [5.74, 6) is -0.325. The van der Waals surface area contributed by atoms with Crippen LogP contribution in [-0.4, -0.2) is 48.3 Å². The minimum atomic E-state index is -0.527. The largest absolute Gasteiger partial charge is 0.472 e. The molecule has 0 radical (unpaired) electrons. The number of carbonyl (C=O) groups is 1. The molecular formula is C15H18N2O4S. The van der Waals surface area contributed by atoms with E-state index in [0.29, 0.717) is 13.1 Å². The second-order valence-corrected chi connectivity index (χ2v) is 6.17. The first-order valence-electron chi connectivity index (χ1n) is 7.08. The van der Waals surface area contributed by atoms with Gasteiger partial charge < -0.3 is 13.9 Å². The van der Waals surface area contributed by atoms with Crippen LogP contribution >= 0.6 is 11.3 Å². The van der Waals surface area contributed by atoms with Crippen molar-refractivity contribution in [3.05, 3.63) is 29.7 Å². The molecule has 0 saturated carbocycles. The Morgan fingerprint density at radius 1 is 1.55 bits per heavy atom. The van der Waals surface area contributed by atoms with Crippen LogP contribution in [0.25, 0.3) is 10.6 Å². The lowest BCUT2D eigenvalue weighted by atomic mass is 10.2. The van der Waals surface area contributed by atoms with Crippen LogP contribution in [0.2, 0.25) is 0 Å². The second-order valence-electron chi connectivity index (χ2n) is 5.31. The van der Waals surface area contributed by atoms with E-state index >= 15 is 0 Å². The van der Waals surface area contributed by atoms with Gasteiger partial charge in [0.1, 0.15) is 11.3 Å². The number of carbonyl (C=O) groups excluding carboxylic acids is 1. The number of hydrogen-bond donors (Lipinski definition) is 0. The van der Waals surface area contributed by atoms with Crippen molar-refractivity contribution < 1.29 is 18.7 Å². The number of methoxy groups -OCH3 is 1. The van der Waals surface area contributed by atoms with Gasteiger partial charge in [0.25, 0.3) is 0 Å². The summed E-state index contributed by atoms with van der Waals surface area (Å²) in [6.45, 7) is 3.94. The Balaban J connectivity index is 1.66. The Labute approximate surface area is 132 Å². The molecule has 0 spiro atoms. The molecule has 1 aliphatic rings. The van der Waals surface area contributed by atoms with E-state index in [1.54, 1.807) is 23.9 Å². The lowest BCUT2D eigenvalue weighted by molar-refractivity contribution is -0.166. The summed E-state index contributed by atoms with van der Waals surface area (Å²) >= 11 is 1.59. The summed E-state index contributed by atoms with van der Waals surface area (Å²) in [6, 6.07) is 1.90. The average molecular weight is 322 g/mol. The van der Waals surface area contributed by atoms with E-state index in [4.69, 9.17) is 13.9 Å². The first-order valence-corrected chi connectivity index (χ1v) is 7.96. The van der Waals surface area contributed by atoms with Gasteiger partial charge in [-0.2, -0.15) is 0 Å². The van der Waals surface area contributed by atoms with Crippen molar-refractivity contribution in [2.45, 2.75) is 25.7 Å². The molecule has 3 heterocycles. The van der Waals surface area contributed by atoms with Crippen molar-refractivity contribution in [2.75, 3.05) is 20.2 Å². The molecule has 0 aliphatic carbocycles. The number of esters is 1. The van der Waals surface area contributed by atoms with Crippen molar-refractivity contribution in [1.82, 2.24) is 9.88 Å². The molecule has 1 saturated heterocycles. The fourth-order valence-corrected chi connectivity index (χ4v) is 3.35. The second kappa shape index (κ2) is 6.60. The van der Waals surface area contributed by atoms with E-state index in [2.05, 4.69) is 9.88 Å². The molecule has 0 unspecified atom stereocenters. The molecule has 2 atom stereocenters. The Bertz CT molecular complexity index is 625. The molecule has 0 bridgehead atoms. The predicted octanol–water partition coefficient (Wildman–Crippen LogP) is 2.17. The third-order valence-electron chi connectivity index (χ3n) is 3.51. The van der Waals surface area contributed by atoms with Crippen LogP contribution in [0.15, 0.2) is 28.4 Å². The van der Waals surface area contributed by atoms with E-state index in [-0.39, 0.29) is 12.1 Å². The molecule has 0 N–H and O–H groups in total. The molecule has 2 aromatic heterocycles. The fourth-order valence-electron chi connectivity index (χ4n) is 2.56. The topological polar surface area (TPSA) is 64.8 Å². The number of aromatic nitrogens is 1. The van der Waals surface area contributed by atoms with Gasteiger partial charge in [0.05, 0.1) is 25.2 Å². The Kier molecular flexibility index (Phi) is 4.56. The van der Waals surface area contributed by atoms with Crippen LogP contribution in [0.4, 0.5) is 0 Å². The highest BCUT2D eigenvalue weighted by Crippen LogP contribution is 2.25. The molecule has 0 amide bonds. The quantitative estimate of drug-likeness (QED) is 0.804. The summed E-state index contributed by atoms with van der Waals surface area (Å²) in [5.41, 5.74) is 1.97. The van der Waals surface area contributed by atoms with E-state index in [1.165, 1.54) is 7.11 Å². The van der Waals surface area contributed by atoms with Gasteiger partial charge in [-0.1, -0.05) is 0 Å². The van der Waals surface area contributed by atoms with Gasteiger partial charge in [-0.05, 0) is 13.0 Å². The SMILES string of the molecule is COC(=O)[C@@H]1CN(Cc2csc(-c3ccoc3)n2)C[C@@H](C)O1. The molecule has 118 valence electrons. The average Bonchev–Trinajstić information content (AvgIpc) is 3.16. The Hall–Kier alpha value is -1.70. The smallest absolute Gasteiger partial charge is 0.336 e. The molecule has 3 rings (SSSR count). The summed E-state index contributed by atoms with van der Waals surface area (Å²) in [5, 5.41) is 2.98. The van der Waals surface area contributed by atoms with Crippen LogP contribution in [0, 0.1) is 0 Å². The van der Waals surface area contributed by atoms with E-state index in [1.807, 2.05) is 18.4 Å². The number of furan rings is 1. The maximum absolute atomic E-state index is 11.7. The standard InChI is InChI=1S/C15H18N2O4S/c1-10-5-17(7-13(21-10)15(18)19-2)6-12-9-22-14(16-12)11-3-4-20-8-11/h3-4,8-10,13H,5-7H2,1-2H3/t10-,13+/m1/s1. The molecular weight excluding hydrogens is 304 g/mol. The van der Waals surface area contributed by atoms with Gasteiger partial charge >= 0.3 is 5.97 Å². The highest BCUT2D eigenvalue weighted by Gasteiger charge is 2.31. The first kappa shape index (κ1) is 15.2. The maximum atomic E-state index is 11.7. The Morgan fingerprint density at radius 3 is 3.14 bits per heavy atom. The molecule has 1 fully saturated rings. The van der Waals surface area contributed by atoms with Crippen molar-refractivity contribution in [3.8, 4) is 10.6 Å². The fraction of sp³-hybridized carbons (Fsp3) is 0.467. The number of nitrogens with zero attached hydrogens (tertiary/aromatic N) is 2. The number of morpholine rings is 1. The summed E-state index contributed by atoms with van der Waals surface area (Å²) in [7, 11) is 1.38. The molecule has 22 heavy (non-hydrogen) atoms. The van der Waals surface area contributed by atoms with Crippen molar-refractivity contribution >= 4 is 17.3 Å². The van der Waals surface area contributed by atoms with E-state index < -0.39 is 6.10 Å². The minimum Gasteiger partial charge on any atom is -0.472 e. The van der Waals surface area contributed by atoms with Crippen molar-refractivity contribution in [2.24, 2.45) is 0 Å². The van der Waals surface area contributed by atoms with Gasteiger partial charge in [-0.15, -0.1) is 11.3 Å². The van der Waals surface area contributed by atoms with Crippen molar-refractivity contribution in [3.63, 3.8) is 0 Å². The summed E-state index contributed by atoms with van der Waals surface area (Å²) in [6.07, 6.45) is 2.79. The zero-order valence-corrected chi connectivity index (χ0v) is 13.3. The van der Waals surface area contributed by atoms with E-state index in [0.717, 1.165) is 22.8 Å². The highest BCUT2D eigenvalue weighted by atomic mass is 32.1. The third-order valence-corrected chi connectivity index (χ3v) is 4.45.